The molecule has 0 fully saturated rings. The van der Waals surface area contributed by atoms with Crippen molar-refractivity contribution < 1.29 is 21.9 Å². The second kappa shape index (κ2) is 5.22. The summed E-state index contributed by atoms with van der Waals surface area (Å²) in [7, 11) is -3.25. The highest BCUT2D eigenvalue weighted by molar-refractivity contribution is 7.88. The van der Waals surface area contributed by atoms with E-state index in [0.29, 0.717) is 5.56 Å². The molecule has 7 heteroatoms. The number of benzene rings is 1. The van der Waals surface area contributed by atoms with Crippen LogP contribution in [0, 0.1) is 0 Å². The van der Waals surface area contributed by atoms with Crippen molar-refractivity contribution >= 4 is 10.0 Å². The van der Waals surface area contributed by atoms with E-state index in [2.05, 4.69) is 9.46 Å². The standard InChI is InChI=1S/C9H11F2NO3S/c1-16(13,14)12-6-7-2-4-8(5-3-7)15-9(10)11/h2-5,9,12H,6H2,1H3. The molecule has 0 bridgehead atoms. The molecule has 0 aromatic heterocycles. The summed E-state index contributed by atoms with van der Waals surface area (Å²) in [4.78, 5) is 0. The normalized spacial score (nSPS) is 11.8. The summed E-state index contributed by atoms with van der Waals surface area (Å²) in [6.07, 6.45) is 1.04. The highest BCUT2D eigenvalue weighted by atomic mass is 32.2. The Morgan fingerprint density at radius 3 is 2.31 bits per heavy atom. The Morgan fingerprint density at radius 2 is 1.88 bits per heavy atom. The second-order valence-electron chi connectivity index (χ2n) is 3.12. The number of alkyl halides is 2. The predicted molar refractivity (Wildman–Crippen MR) is 54.8 cm³/mol. The third-order valence-electron chi connectivity index (χ3n) is 1.69. The van der Waals surface area contributed by atoms with Crippen molar-refractivity contribution in [3.05, 3.63) is 29.8 Å². The van der Waals surface area contributed by atoms with Gasteiger partial charge >= 0.3 is 6.61 Å². The van der Waals surface area contributed by atoms with Crippen molar-refractivity contribution in [2.45, 2.75) is 13.2 Å². The molecule has 0 heterocycles. The predicted octanol–water partition coefficient (Wildman–Crippen LogP) is 1.34. The number of hydrogen-bond acceptors (Lipinski definition) is 3. The van der Waals surface area contributed by atoms with Crippen LogP contribution in [0.15, 0.2) is 24.3 Å². The maximum atomic E-state index is 11.8. The van der Waals surface area contributed by atoms with Crippen LogP contribution in [0.4, 0.5) is 8.78 Å². The first-order valence-electron chi connectivity index (χ1n) is 4.35. The average molecular weight is 251 g/mol. The van der Waals surface area contributed by atoms with Gasteiger partial charge in [0.25, 0.3) is 0 Å². The van der Waals surface area contributed by atoms with Crippen molar-refractivity contribution in [2.24, 2.45) is 0 Å². The van der Waals surface area contributed by atoms with Gasteiger partial charge in [0.05, 0.1) is 6.26 Å². The summed E-state index contributed by atoms with van der Waals surface area (Å²) >= 11 is 0. The zero-order chi connectivity index (χ0) is 12.2. The summed E-state index contributed by atoms with van der Waals surface area (Å²) in [5, 5.41) is 0. The molecule has 0 aliphatic heterocycles. The van der Waals surface area contributed by atoms with Crippen molar-refractivity contribution in [2.75, 3.05) is 6.26 Å². The van der Waals surface area contributed by atoms with Gasteiger partial charge in [0.1, 0.15) is 5.75 Å². The Bertz CT molecular complexity index is 431. The molecular weight excluding hydrogens is 240 g/mol. The quantitative estimate of drug-likeness (QED) is 0.859. The van der Waals surface area contributed by atoms with Crippen LogP contribution >= 0.6 is 0 Å². The lowest BCUT2D eigenvalue weighted by Crippen LogP contribution is -2.21. The molecule has 0 radical (unpaired) electrons. The fourth-order valence-corrected chi connectivity index (χ4v) is 1.43. The molecule has 1 aromatic carbocycles. The molecule has 0 saturated heterocycles. The summed E-state index contributed by atoms with van der Waals surface area (Å²) in [6.45, 7) is -2.74. The average Bonchev–Trinajstić information content (AvgIpc) is 2.14. The highest BCUT2D eigenvalue weighted by Crippen LogP contribution is 2.14. The molecule has 0 aliphatic rings. The first-order valence-corrected chi connectivity index (χ1v) is 6.24. The van der Waals surface area contributed by atoms with E-state index in [4.69, 9.17) is 0 Å². The van der Waals surface area contributed by atoms with Crippen LogP contribution in [0.3, 0.4) is 0 Å². The van der Waals surface area contributed by atoms with Gasteiger partial charge in [0.2, 0.25) is 10.0 Å². The lowest BCUT2D eigenvalue weighted by atomic mass is 10.2. The van der Waals surface area contributed by atoms with Crippen molar-refractivity contribution in [1.29, 1.82) is 0 Å². The van der Waals surface area contributed by atoms with Crippen molar-refractivity contribution in [3.8, 4) is 5.75 Å². The number of nitrogens with one attached hydrogen (secondary N) is 1. The van der Waals surface area contributed by atoms with Gasteiger partial charge < -0.3 is 4.74 Å². The van der Waals surface area contributed by atoms with E-state index in [9.17, 15) is 17.2 Å². The largest absolute Gasteiger partial charge is 0.435 e. The van der Waals surface area contributed by atoms with E-state index in [-0.39, 0.29) is 12.3 Å². The van der Waals surface area contributed by atoms with Gasteiger partial charge in [-0.15, -0.1) is 0 Å². The molecule has 90 valence electrons. The fourth-order valence-electron chi connectivity index (χ4n) is 1.00. The fraction of sp³-hybridized carbons (Fsp3) is 0.333. The van der Waals surface area contributed by atoms with Gasteiger partial charge in [-0.25, -0.2) is 13.1 Å². The number of sulfonamides is 1. The minimum Gasteiger partial charge on any atom is -0.435 e. The summed E-state index contributed by atoms with van der Waals surface area (Å²) in [5.41, 5.74) is 0.659. The van der Waals surface area contributed by atoms with E-state index >= 15 is 0 Å². The van der Waals surface area contributed by atoms with Gasteiger partial charge in [-0.2, -0.15) is 8.78 Å². The lowest BCUT2D eigenvalue weighted by molar-refractivity contribution is -0.0498. The molecule has 1 aromatic rings. The zero-order valence-electron chi connectivity index (χ0n) is 8.48. The number of halogens is 2. The minimum atomic E-state index is -3.25. The molecule has 0 saturated carbocycles. The van der Waals surface area contributed by atoms with Gasteiger partial charge in [-0.3, -0.25) is 0 Å². The van der Waals surface area contributed by atoms with Crippen LogP contribution in [0.2, 0.25) is 0 Å². The molecule has 0 atom stereocenters. The molecule has 0 aliphatic carbocycles. The maximum absolute atomic E-state index is 11.8. The molecule has 0 spiro atoms. The third-order valence-corrected chi connectivity index (χ3v) is 2.36. The minimum absolute atomic E-state index is 0.0399. The number of hydrogen-bond donors (Lipinski definition) is 1. The maximum Gasteiger partial charge on any atom is 0.387 e. The topological polar surface area (TPSA) is 55.4 Å². The molecule has 1 N–H and O–H groups in total. The van der Waals surface area contributed by atoms with Gasteiger partial charge in [-0.1, -0.05) is 12.1 Å². The number of rotatable bonds is 5. The van der Waals surface area contributed by atoms with Crippen LogP contribution in [-0.4, -0.2) is 21.3 Å². The molecule has 4 nitrogen and oxygen atoms in total. The monoisotopic (exact) mass is 251 g/mol. The Hall–Kier alpha value is -1.21. The van der Waals surface area contributed by atoms with E-state index in [0.717, 1.165) is 6.26 Å². The van der Waals surface area contributed by atoms with Crippen LogP contribution in [0.25, 0.3) is 0 Å². The number of ether oxygens (including phenoxy) is 1. The zero-order valence-corrected chi connectivity index (χ0v) is 9.30. The molecule has 16 heavy (non-hydrogen) atoms. The van der Waals surface area contributed by atoms with Crippen LogP contribution in [0.5, 0.6) is 5.75 Å². The van der Waals surface area contributed by atoms with E-state index in [1.807, 2.05) is 0 Å². The van der Waals surface area contributed by atoms with E-state index < -0.39 is 16.6 Å². The third kappa shape index (κ3) is 5.04. The SMILES string of the molecule is CS(=O)(=O)NCc1ccc(OC(F)F)cc1. The Morgan fingerprint density at radius 1 is 1.31 bits per heavy atom. The molecular formula is C9H11F2NO3S. The highest BCUT2D eigenvalue weighted by Gasteiger charge is 2.04. The summed E-state index contributed by atoms with van der Waals surface area (Å²) in [5.74, 6) is 0.0399. The van der Waals surface area contributed by atoms with Gasteiger partial charge in [0, 0.05) is 6.54 Å². The Labute approximate surface area is 92.3 Å². The van der Waals surface area contributed by atoms with Gasteiger partial charge in [0.15, 0.2) is 0 Å². The first-order chi connectivity index (χ1) is 7.37. The Kier molecular flexibility index (Phi) is 4.19. The summed E-state index contributed by atoms with van der Waals surface area (Å²) < 4.78 is 51.6. The second-order valence-corrected chi connectivity index (χ2v) is 4.95. The molecule has 1 rings (SSSR count). The van der Waals surface area contributed by atoms with E-state index in [1.54, 1.807) is 0 Å². The van der Waals surface area contributed by atoms with E-state index in [1.165, 1.54) is 24.3 Å². The van der Waals surface area contributed by atoms with Crippen LogP contribution in [0.1, 0.15) is 5.56 Å². The van der Waals surface area contributed by atoms with Crippen LogP contribution < -0.4 is 9.46 Å². The first kappa shape index (κ1) is 12.9. The smallest absolute Gasteiger partial charge is 0.387 e. The Balaban J connectivity index is 2.58. The lowest BCUT2D eigenvalue weighted by Gasteiger charge is -2.06. The molecule has 0 amide bonds. The van der Waals surface area contributed by atoms with Crippen molar-refractivity contribution in [1.82, 2.24) is 4.72 Å². The van der Waals surface area contributed by atoms with Gasteiger partial charge in [-0.05, 0) is 17.7 Å². The van der Waals surface area contributed by atoms with Crippen LogP contribution in [-0.2, 0) is 16.6 Å². The molecule has 0 unspecified atom stereocenters. The van der Waals surface area contributed by atoms with Crippen molar-refractivity contribution in [3.63, 3.8) is 0 Å². The summed E-state index contributed by atoms with van der Waals surface area (Å²) in [6, 6.07) is 5.72.